The number of halogens is 1. The number of ether oxygens (including phenoxy) is 1. The highest BCUT2D eigenvalue weighted by atomic mass is 35.5. The summed E-state index contributed by atoms with van der Waals surface area (Å²) in [4.78, 5) is 15.8. The van der Waals surface area contributed by atoms with Crippen LogP contribution in [-0.4, -0.2) is 16.1 Å². The van der Waals surface area contributed by atoms with Crippen molar-refractivity contribution in [3.63, 3.8) is 0 Å². The quantitative estimate of drug-likeness (QED) is 0.692. The van der Waals surface area contributed by atoms with Gasteiger partial charge in [-0.15, -0.1) is 11.3 Å². The number of carboxylic acids is 1. The predicted molar refractivity (Wildman–Crippen MR) is 95.0 cm³/mol. The minimum atomic E-state index is -0.954. The first-order chi connectivity index (χ1) is 11.5. The van der Waals surface area contributed by atoms with Crippen LogP contribution in [0.15, 0.2) is 48.5 Å². The summed E-state index contributed by atoms with van der Waals surface area (Å²) < 4.78 is 5.80. The third-order valence-electron chi connectivity index (χ3n) is 3.37. The van der Waals surface area contributed by atoms with Crippen LogP contribution in [0, 0.1) is 6.92 Å². The van der Waals surface area contributed by atoms with E-state index in [-0.39, 0.29) is 4.88 Å². The van der Waals surface area contributed by atoms with Crippen molar-refractivity contribution in [2.75, 3.05) is 0 Å². The molecular weight excluding hydrogens is 346 g/mol. The molecule has 0 spiro atoms. The molecule has 0 aliphatic heterocycles. The van der Waals surface area contributed by atoms with Gasteiger partial charge in [0, 0.05) is 10.6 Å². The van der Waals surface area contributed by atoms with E-state index in [1.165, 1.54) is 0 Å². The lowest BCUT2D eigenvalue weighted by Crippen LogP contribution is -1.95. The lowest BCUT2D eigenvalue weighted by atomic mass is 10.2. The van der Waals surface area contributed by atoms with Gasteiger partial charge in [-0.05, 0) is 36.8 Å². The maximum Gasteiger partial charge on any atom is 0.347 e. The van der Waals surface area contributed by atoms with Gasteiger partial charge in [0.05, 0.1) is 5.69 Å². The number of rotatable bonds is 5. The normalized spacial score (nSPS) is 10.6. The van der Waals surface area contributed by atoms with E-state index in [2.05, 4.69) is 4.98 Å². The summed E-state index contributed by atoms with van der Waals surface area (Å²) in [6, 6.07) is 14.9. The minimum Gasteiger partial charge on any atom is -0.489 e. The summed E-state index contributed by atoms with van der Waals surface area (Å²) in [5.41, 5.74) is 2.33. The lowest BCUT2D eigenvalue weighted by molar-refractivity contribution is 0.0701. The number of benzene rings is 2. The molecule has 24 heavy (non-hydrogen) atoms. The summed E-state index contributed by atoms with van der Waals surface area (Å²) in [5.74, 6) is -0.262. The fourth-order valence-electron chi connectivity index (χ4n) is 2.23. The molecule has 0 unspecified atom stereocenters. The summed E-state index contributed by atoms with van der Waals surface area (Å²) in [5, 5.41) is 10.5. The molecule has 0 aliphatic carbocycles. The molecule has 0 atom stereocenters. The number of aromatic carboxylic acids is 1. The first kappa shape index (κ1) is 16.5. The van der Waals surface area contributed by atoms with Crippen LogP contribution in [0.5, 0.6) is 5.75 Å². The standard InChI is InChI=1S/C18H14ClNO3S/c1-11-16(18(21)22)24-17(20-11)13-5-3-7-15(9-13)23-10-12-4-2-6-14(19)8-12/h2-9H,10H2,1H3,(H,21,22). The van der Waals surface area contributed by atoms with Gasteiger partial charge in [-0.3, -0.25) is 0 Å². The Bertz CT molecular complexity index is 891. The van der Waals surface area contributed by atoms with E-state index in [1.54, 1.807) is 6.92 Å². The Kier molecular flexibility index (Phi) is 4.83. The molecule has 6 heteroatoms. The van der Waals surface area contributed by atoms with Crippen LogP contribution in [-0.2, 0) is 6.61 Å². The molecule has 0 fully saturated rings. The fourth-order valence-corrected chi connectivity index (χ4v) is 3.34. The van der Waals surface area contributed by atoms with Crippen LogP contribution in [0.25, 0.3) is 10.6 Å². The van der Waals surface area contributed by atoms with Crippen molar-refractivity contribution < 1.29 is 14.6 Å². The van der Waals surface area contributed by atoms with Crippen molar-refractivity contribution in [1.29, 1.82) is 0 Å². The summed E-state index contributed by atoms with van der Waals surface area (Å²) in [7, 11) is 0. The number of nitrogens with zero attached hydrogens (tertiary/aromatic N) is 1. The van der Waals surface area contributed by atoms with Gasteiger partial charge in [0.15, 0.2) is 0 Å². The molecule has 122 valence electrons. The topological polar surface area (TPSA) is 59.4 Å². The zero-order valence-corrected chi connectivity index (χ0v) is 14.4. The maximum atomic E-state index is 11.2. The Hall–Kier alpha value is -2.37. The first-order valence-electron chi connectivity index (χ1n) is 7.21. The van der Waals surface area contributed by atoms with Gasteiger partial charge in [-0.2, -0.15) is 0 Å². The van der Waals surface area contributed by atoms with E-state index >= 15 is 0 Å². The van der Waals surface area contributed by atoms with Crippen molar-refractivity contribution in [3.05, 3.63) is 69.7 Å². The highest BCUT2D eigenvalue weighted by Gasteiger charge is 2.15. The minimum absolute atomic E-state index is 0.259. The Balaban J connectivity index is 1.79. The highest BCUT2D eigenvalue weighted by Crippen LogP contribution is 2.30. The average molecular weight is 360 g/mol. The monoisotopic (exact) mass is 359 g/mol. The zero-order valence-electron chi connectivity index (χ0n) is 12.8. The van der Waals surface area contributed by atoms with E-state index in [0.29, 0.717) is 28.1 Å². The Morgan fingerprint density at radius 3 is 2.75 bits per heavy atom. The van der Waals surface area contributed by atoms with E-state index in [1.807, 2.05) is 48.5 Å². The molecule has 0 radical (unpaired) electrons. The van der Waals surface area contributed by atoms with Crippen LogP contribution in [0.3, 0.4) is 0 Å². The maximum absolute atomic E-state index is 11.2. The molecule has 0 amide bonds. The second kappa shape index (κ2) is 7.03. The molecule has 4 nitrogen and oxygen atoms in total. The van der Waals surface area contributed by atoms with E-state index in [9.17, 15) is 4.79 Å². The number of hydrogen-bond acceptors (Lipinski definition) is 4. The van der Waals surface area contributed by atoms with Crippen LogP contribution in [0.4, 0.5) is 0 Å². The number of hydrogen-bond donors (Lipinski definition) is 1. The Labute approximate surface area is 148 Å². The average Bonchev–Trinajstić information content (AvgIpc) is 2.95. The van der Waals surface area contributed by atoms with E-state index < -0.39 is 5.97 Å². The SMILES string of the molecule is Cc1nc(-c2cccc(OCc3cccc(Cl)c3)c2)sc1C(=O)O. The van der Waals surface area contributed by atoms with Crippen LogP contribution in [0.1, 0.15) is 20.9 Å². The molecule has 1 N–H and O–H groups in total. The molecule has 3 rings (SSSR count). The third-order valence-corrected chi connectivity index (χ3v) is 4.80. The van der Waals surface area contributed by atoms with Gasteiger partial charge >= 0.3 is 5.97 Å². The van der Waals surface area contributed by atoms with Crippen LogP contribution < -0.4 is 4.74 Å². The first-order valence-corrected chi connectivity index (χ1v) is 8.41. The van der Waals surface area contributed by atoms with Gasteiger partial charge in [0.1, 0.15) is 22.2 Å². The molecule has 3 aromatic rings. The Morgan fingerprint density at radius 2 is 2.04 bits per heavy atom. The van der Waals surface area contributed by atoms with Crippen molar-refractivity contribution in [2.24, 2.45) is 0 Å². The second-order valence-electron chi connectivity index (χ2n) is 5.19. The molecule has 0 aliphatic rings. The fraction of sp³-hybridized carbons (Fsp3) is 0.111. The molecule has 0 saturated carbocycles. The van der Waals surface area contributed by atoms with Gasteiger partial charge in [-0.25, -0.2) is 9.78 Å². The van der Waals surface area contributed by atoms with Crippen LogP contribution >= 0.6 is 22.9 Å². The number of aromatic nitrogens is 1. The largest absolute Gasteiger partial charge is 0.489 e. The van der Waals surface area contributed by atoms with E-state index in [4.69, 9.17) is 21.4 Å². The number of carboxylic acid groups (broad SMARTS) is 1. The van der Waals surface area contributed by atoms with E-state index in [0.717, 1.165) is 22.5 Å². The number of thiazole rings is 1. The van der Waals surface area contributed by atoms with Crippen molar-refractivity contribution in [1.82, 2.24) is 4.98 Å². The molecular formula is C18H14ClNO3S. The number of carbonyl (C=O) groups is 1. The van der Waals surface area contributed by atoms with Gasteiger partial charge in [-0.1, -0.05) is 35.9 Å². The molecule has 1 aromatic heterocycles. The van der Waals surface area contributed by atoms with Crippen molar-refractivity contribution in [3.8, 4) is 16.3 Å². The lowest BCUT2D eigenvalue weighted by Gasteiger charge is -2.07. The Morgan fingerprint density at radius 1 is 1.25 bits per heavy atom. The zero-order chi connectivity index (χ0) is 17.1. The molecule has 1 heterocycles. The van der Waals surface area contributed by atoms with Crippen molar-refractivity contribution >= 4 is 28.9 Å². The number of aryl methyl sites for hydroxylation is 1. The van der Waals surface area contributed by atoms with Gasteiger partial charge < -0.3 is 9.84 Å². The predicted octanol–water partition coefficient (Wildman–Crippen LogP) is 5.05. The molecule has 0 bridgehead atoms. The smallest absolute Gasteiger partial charge is 0.347 e. The van der Waals surface area contributed by atoms with Crippen molar-refractivity contribution in [2.45, 2.75) is 13.5 Å². The van der Waals surface area contributed by atoms with Gasteiger partial charge in [0.25, 0.3) is 0 Å². The van der Waals surface area contributed by atoms with Crippen LogP contribution in [0.2, 0.25) is 5.02 Å². The third kappa shape index (κ3) is 3.75. The summed E-state index contributed by atoms with van der Waals surface area (Å²) >= 11 is 7.13. The highest BCUT2D eigenvalue weighted by molar-refractivity contribution is 7.17. The summed E-state index contributed by atoms with van der Waals surface area (Å²) in [6.45, 7) is 2.10. The second-order valence-corrected chi connectivity index (χ2v) is 6.62. The molecule has 2 aromatic carbocycles. The van der Waals surface area contributed by atoms with Gasteiger partial charge in [0.2, 0.25) is 0 Å². The molecule has 0 saturated heterocycles. The summed E-state index contributed by atoms with van der Waals surface area (Å²) in [6.07, 6.45) is 0.